The van der Waals surface area contributed by atoms with Crippen LogP contribution in [0.2, 0.25) is 0 Å². The molecule has 0 radical (unpaired) electrons. The van der Waals surface area contributed by atoms with Crippen LogP contribution in [0.5, 0.6) is 5.75 Å². The molecule has 0 saturated heterocycles. The van der Waals surface area contributed by atoms with E-state index in [-0.39, 0.29) is 22.5 Å². The minimum atomic E-state index is -3.60. The molecule has 1 aromatic heterocycles. The minimum absolute atomic E-state index is 0.0124. The molecule has 1 amide bonds. The van der Waals surface area contributed by atoms with Crippen molar-refractivity contribution in [3.63, 3.8) is 0 Å². The molecule has 1 atom stereocenters. The Balaban J connectivity index is 1.77. The van der Waals surface area contributed by atoms with E-state index >= 15 is 0 Å². The van der Waals surface area contributed by atoms with E-state index in [0.29, 0.717) is 12.1 Å². The van der Waals surface area contributed by atoms with Gasteiger partial charge >= 0.3 is 0 Å². The molecule has 3 aromatic rings. The number of benzene rings is 2. The van der Waals surface area contributed by atoms with Crippen LogP contribution in [0, 0.1) is 0 Å². The zero-order chi connectivity index (χ0) is 23.8. The van der Waals surface area contributed by atoms with E-state index in [2.05, 4.69) is 24.1 Å². The van der Waals surface area contributed by atoms with E-state index in [4.69, 9.17) is 9.15 Å². The Bertz CT molecular complexity index is 1150. The second kappa shape index (κ2) is 11.2. The number of likely N-dealkylation sites (N-methyl/N-ethyl adjacent to an activating group) is 1. The molecule has 2 aromatic carbocycles. The molecular weight excluding hydrogens is 440 g/mol. The van der Waals surface area contributed by atoms with Crippen molar-refractivity contribution in [3.8, 4) is 5.75 Å². The van der Waals surface area contributed by atoms with E-state index in [1.807, 2.05) is 24.3 Å². The number of carbonyl (C=O) groups excluding carboxylic acids is 1. The first-order valence-corrected chi connectivity index (χ1v) is 12.5. The maximum absolute atomic E-state index is 13.0. The van der Waals surface area contributed by atoms with Gasteiger partial charge in [0.15, 0.2) is 15.6 Å². The van der Waals surface area contributed by atoms with Crippen LogP contribution < -0.4 is 10.1 Å². The van der Waals surface area contributed by atoms with Gasteiger partial charge in [0.05, 0.1) is 30.1 Å². The Kier molecular flexibility index (Phi) is 8.30. The molecule has 0 aliphatic rings. The summed E-state index contributed by atoms with van der Waals surface area (Å²) in [6.07, 6.45) is 1.34. The van der Waals surface area contributed by atoms with Crippen LogP contribution in [0.15, 0.2) is 76.2 Å². The highest BCUT2D eigenvalue weighted by molar-refractivity contribution is 7.90. The average Bonchev–Trinajstić information content (AvgIpc) is 3.29. The lowest BCUT2D eigenvalue weighted by Gasteiger charge is -2.30. The second-order valence-electron chi connectivity index (χ2n) is 7.57. The van der Waals surface area contributed by atoms with Crippen molar-refractivity contribution in [3.05, 3.63) is 83.8 Å². The SMILES string of the molecule is CCN(CC)C(CNC(=O)c1occc1CS(=O)(=O)c1ccccc1)c1cccc(OC)c1. The van der Waals surface area contributed by atoms with Gasteiger partial charge in [-0.2, -0.15) is 0 Å². The van der Waals surface area contributed by atoms with Gasteiger partial charge in [0.2, 0.25) is 0 Å². The molecule has 33 heavy (non-hydrogen) atoms. The van der Waals surface area contributed by atoms with Crippen LogP contribution in [0.25, 0.3) is 0 Å². The molecule has 1 unspecified atom stereocenters. The normalized spacial score (nSPS) is 12.5. The number of rotatable bonds is 11. The van der Waals surface area contributed by atoms with Gasteiger partial charge in [0, 0.05) is 12.1 Å². The standard InChI is InChI=1S/C25H30N2O5S/c1-4-27(5-2)23(19-10-9-11-21(16-19)31-3)17-26-25(28)24-20(14-15-32-24)18-33(29,30)22-12-7-6-8-13-22/h6-16,23H,4-5,17-18H2,1-3H3,(H,26,28). The van der Waals surface area contributed by atoms with Crippen molar-refractivity contribution < 1.29 is 22.4 Å². The summed E-state index contributed by atoms with van der Waals surface area (Å²) in [6.45, 7) is 6.07. The van der Waals surface area contributed by atoms with Crippen molar-refractivity contribution in [1.82, 2.24) is 10.2 Å². The minimum Gasteiger partial charge on any atom is -0.497 e. The lowest BCUT2D eigenvalue weighted by Crippen LogP contribution is -2.38. The second-order valence-corrected chi connectivity index (χ2v) is 9.56. The molecule has 0 fully saturated rings. The van der Waals surface area contributed by atoms with E-state index in [1.165, 1.54) is 24.5 Å². The largest absolute Gasteiger partial charge is 0.497 e. The summed E-state index contributed by atoms with van der Waals surface area (Å²) < 4.78 is 36.3. The Morgan fingerprint density at radius 2 is 1.79 bits per heavy atom. The molecule has 0 aliphatic carbocycles. The number of amides is 1. The molecule has 1 N–H and O–H groups in total. The first-order valence-electron chi connectivity index (χ1n) is 10.9. The van der Waals surface area contributed by atoms with E-state index in [1.54, 1.807) is 25.3 Å². The fourth-order valence-corrected chi connectivity index (χ4v) is 5.18. The average molecular weight is 471 g/mol. The van der Waals surface area contributed by atoms with Gasteiger partial charge in [-0.05, 0) is 49.0 Å². The summed E-state index contributed by atoms with van der Waals surface area (Å²) in [5.41, 5.74) is 1.35. The summed E-state index contributed by atoms with van der Waals surface area (Å²) in [5, 5.41) is 2.93. The predicted octanol–water partition coefficient (Wildman–Crippen LogP) is 4.08. The van der Waals surface area contributed by atoms with Gasteiger partial charge in [-0.1, -0.05) is 44.2 Å². The van der Waals surface area contributed by atoms with E-state index < -0.39 is 15.7 Å². The Morgan fingerprint density at radius 1 is 1.06 bits per heavy atom. The van der Waals surface area contributed by atoms with Gasteiger partial charge in [0.25, 0.3) is 5.91 Å². The Labute approximate surface area is 195 Å². The molecule has 176 valence electrons. The highest BCUT2D eigenvalue weighted by Gasteiger charge is 2.24. The van der Waals surface area contributed by atoms with Crippen molar-refractivity contribution in [1.29, 1.82) is 0 Å². The monoisotopic (exact) mass is 470 g/mol. The lowest BCUT2D eigenvalue weighted by atomic mass is 10.0. The van der Waals surface area contributed by atoms with Gasteiger partial charge in [0.1, 0.15) is 5.75 Å². The number of ether oxygens (including phenoxy) is 1. The summed E-state index contributed by atoms with van der Waals surface area (Å²) in [7, 11) is -1.98. The number of methoxy groups -OCH3 is 1. The van der Waals surface area contributed by atoms with Crippen LogP contribution in [0.1, 0.15) is 41.6 Å². The van der Waals surface area contributed by atoms with Crippen molar-refractivity contribution in [2.75, 3.05) is 26.7 Å². The van der Waals surface area contributed by atoms with Crippen molar-refractivity contribution in [2.24, 2.45) is 0 Å². The first kappa shape index (κ1) is 24.5. The molecule has 0 saturated carbocycles. The number of sulfone groups is 1. The van der Waals surface area contributed by atoms with Crippen LogP contribution in [0.4, 0.5) is 0 Å². The van der Waals surface area contributed by atoms with Crippen LogP contribution in [-0.2, 0) is 15.6 Å². The van der Waals surface area contributed by atoms with E-state index in [9.17, 15) is 13.2 Å². The smallest absolute Gasteiger partial charge is 0.287 e. The van der Waals surface area contributed by atoms with Gasteiger partial charge in [-0.25, -0.2) is 8.42 Å². The Morgan fingerprint density at radius 3 is 2.45 bits per heavy atom. The summed E-state index contributed by atoms with van der Waals surface area (Å²) in [5.74, 6) is -0.00166. The molecule has 1 heterocycles. The first-order chi connectivity index (χ1) is 15.9. The molecule has 3 rings (SSSR count). The third kappa shape index (κ3) is 6.03. The summed E-state index contributed by atoms with van der Waals surface area (Å²) >= 11 is 0. The Hall–Kier alpha value is -3.10. The maximum atomic E-state index is 13.0. The third-order valence-corrected chi connectivity index (χ3v) is 7.27. The predicted molar refractivity (Wildman–Crippen MR) is 127 cm³/mol. The zero-order valence-corrected chi connectivity index (χ0v) is 20.0. The highest BCUT2D eigenvalue weighted by Crippen LogP contribution is 2.25. The molecule has 0 bridgehead atoms. The van der Waals surface area contributed by atoms with Crippen molar-refractivity contribution >= 4 is 15.7 Å². The molecule has 0 aliphatic heterocycles. The van der Waals surface area contributed by atoms with Crippen LogP contribution in [0.3, 0.4) is 0 Å². The molecule has 0 spiro atoms. The maximum Gasteiger partial charge on any atom is 0.287 e. The van der Waals surface area contributed by atoms with E-state index in [0.717, 1.165) is 24.4 Å². The van der Waals surface area contributed by atoms with Crippen molar-refractivity contribution in [2.45, 2.75) is 30.5 Å². The van der Waals surface area contributed by atoms with Gasteiger partial charge < -0.3 is 14.5 Å². The lowest BCUT2D eigenvalue weighted by molar-refractivity contribution is 0.0906. The third-order valence-electron chi connectivity index (χ3n) is 5.59. The molecular formula is C25H30N2O5S. The number of hydrogen-bond acceptors (Lipinski definition) is 6. The topological polar surface area (TPSA) is 88.9 Å². The number of hydrogen-bond donors (Lipinski definition) is 1. The van der Waals surface area contributed by atoms with Crippen LogP contribution in [-0.4, -0.2) is 46.0 Å². The quantitative estimate of drug-likeness (QED) is 0.454. The van der Waals surface area contributed by atoms with Gasteiger partial charge in [-0.15, -0.1) is 0 Å². The number of nitrogens with zero attached hydrogens (tertiary/aromatic N) is 1. The van der Waals surface area contributed by atoms with Crippen LogP contribution >= 0.6 is 0 Å². The fourth-order valence-electron chi connectivity index (χ4n) is 3.81. The summed E-state index contributed by atoms with van der Waals surface area (Å²) in [4.78, 5) is 15.4. The highest BCUT2D eigenvalue weighted by atomic mass is 32.2. The number of furan rings is 1. The zero-order valence-electron chi connectivity index (χ0n) is 19.2. The summed E-state index contributed by atoms with van der Waals surface area (Å²) in [6, 6.07) is 17.4. The number of carbonyl (C=O) groups is 1. The molecule has 8 heteroatoms. The fraction of sp³-hybridized carbons (Fsp3) is 0.320. The number of nitrogens with one attached hydrogen (secondary N) is 1. The van der Waals surface area contributed by atoms with Gasteiger partial charge in [-0.3, -0.25) is 9.69 Å². The molecule has 7 nitrogen and oxygen atoms in total.